The first-order chi connectivity index (χ1) is 20.5. The molecule has 0 aliphatic rings. The average molecular weight is 622 g/mol. The highest BCUT2D eigenvalue weighted by molar-refractivity contribution is 7.92. The van der Waals surface area contributed by atoms with E-state index in [9.17, 15) is 21.6 Å². The van der Waals surface area contributed by atoms with Crippen molar-refractivity contribution < 1.29 is 26.7 Å². The lowest BCUT2D eigenvalue weighted by molar-refractivity contribution is -0.138. The number of hydrogen-bond donors (Lipinski definition) is 3. The molecule has 0 saturated carbocycles. The zero-order chi connectivity index (χ0) is 30.9. The van der Waals surface area contributed by atoms with E-state index < -0.39 is 32.1 Å². The molecule has 0 heterocycles. The molecule has 1 unspecified atom stereocenters. The van der Waals surface area contributed by atoms with Gasteiger partial charge in [0.2, 0.25) is 20.0 Å². The molecule has 43 heavy (non-hydrogen) atoms. The van der Waals surface area contributed by atoms with Crippen molar-refractivity contribution in [2.24, 2.45) is 0 Å². The molecule has 0 amide bonds. The van der Waals surface area contributed by atoms with Gasteiger partial charge in [-0.15, -0.1) is 0 Å². The SMILES string of the molecule is CC(NS(=O)(=O)Cc1ccc(CN(Cc2ccccc2)c2ccc(NS(=O)(=O)CCc3ccccc3)cc2)cc1)C(=O)O. The maximum Gasteiger partial charge on any atom is 0.321 e. The quantitative estimate of drug-likeness (QED) is 0.174. The van der Waals surface area contributed by atoms with E-state index in [1.165, 1.54) is 6.92 Å². The van der Waals surface area contributed by atoms with Crippen molar-refractivity contribution in [3.8, 4) is 0 Å². The number of carbonyl (C=O) groups is 1. The molecule has 0 aromatic heterocycles. The summed E-state index contributed by atoms with van der Waals surface area (Å²) in [6, 6.07) is 32.6. The fourth-order valence-electron chi connectivity index (χ4n) is 4.45. The predicted molar refractivity (Wildman–Crippen MR) is 170 cm³/mol. The first-order valence-corrected chi connectivity index (χ1v) is 17.0. The van der Waals surface area contributed by atoms with Gasteiger partial charge >= 0.3 is 5.97 Å². The van der Waals surface area contributed by atoms with Gasteiger partial charge in [-0.1, -0.05) is 84.9 Å². The molecule has 0 aliphatic heterocycles. The third kappa shape index (κ3) is 10.2. The van der Waals surface area contributed by atoms with Gasteiger partial charge in [0, 0.05) is 24.5 Å². The second-order valence-corrected chi connectivity index (χ2v) is 13.9. The fourth-order valence-corrected chi connectivity index (χ4v) is 6.91. The van der Waals surface area contributed by atoms with Gasteiger partial charge in [-0.3, -0.25) is 9.52 Å². The van der Waals surface area contributed by atoms with Crippen LogP contribution < -0.4 is 14.3 Å². The Hall–Kier alpha value is -4.19. The van der Waals surface area contributed by atoms with Crippen LogP contribution in [0.4, 0.5) is 11.4 Å². The number of nitrogens with one attached hydrogen (secondary N) is 2. The summed E-state index contributed by atoms with van der Waals surface area (Å²) in [6.07, 6.45) is 0.418. The van der Waals surface area contributed by atoms with Crippen LogP contribution in [0.2, 0.25) is 0 Å². The van der Waals surface area contributed by atoms with Gasteiger partial charge in [0.25, 0.3) is 0 Å². The summed E-state index contributed by atoms with van der Waals surface area (Å²) in [5.74, 6) is -1.60. The van der Waals surface area contributed by atoms with Crippen molar-refractivity contribution in [3.05, 3.63) is 131 Å². The van der Waals surface area contributed by atoms with Crippen LogP contribution >= 0.6 is 0 Å². The lowest BCUT2D eigenvalue weighted by Crippen LogP contribution is -2.38. The Morgan fingerprint density at radius 1 is 0.698 bits per heavy atom. The van der Waals surface area contributed by atoms with Crippen LogP contribution in [0.25, 0.3) is 0 Å². The number of aryl methyl sites for hydroxylation is 1. The second kappa shape index (κ2) is 14.3. The average Bonchev–Trinajstić information content (AvgIpc) is 2.98. The molecule has 3 N–H and O–H groups in total. The molecule has 226 valence electrons. The lowest BCUT2D eigenvalue weighted by Gasteiger charge is -2.26. The summed E-state index contributed by atoms with van der Waals surface area (Å²) >= 11 is 0. The highest BCUT2D eigenvalue weighted by Gasteiger charge is 2.20. The van der Waals surface area contributed by atoms with Gasteiger partial charge in [-0.25, -0.2) is 21.6 Å². The van der Waals surface area contributed by atoms with Crippen LogP contribution in [0.15, 0.2) is 109 Å². The zero-order valence-corrected chi connectivity index (χ0v) is 25.4. The summed E-state index contributed by atoms with van der Waals surface area (Å²) < 4.78 is 54.9. The van der Waals surface area contributed by atoms with Crippen LogP contribution in [0.1, 0.15) is 29.2 Å². The number of carboxylic acid groups (broad SMARTS) is 1. The van der Waals surface area contributed by atoms with E-state index in [1.54, 1.807) is 24.3 Å². The summed E-state index contributed by atoms with van der Waals surface area (Å²) in [7, 11) is -7.36. The van der Waals surface area contributed by atoms with Crippen LogP contribution in [-0.4, -0.2) is 39.7 Å². The van der Waals surface area contributed by atoms with E-state index >= 15 is 0 Å². The minimum absolute atomic E-state index is 0.0230. The van der Waals surface area contributed by atoms with Gasteiger partial charge in [-0.2, -0.15) is 0 Å². The molecule has 11 heteroatoms. The molecule has 0 bridgehead atoms. The Morgan fingerprint density at radius 2 is 1.21 bits per heavy atom. The highest BCUT2D eigenvalue weighted by atomic mass is 32.2. The van der Waals surface area contributed by atoms with E-state index in [2.05, 4.69) is 14.3 Å². The largest absolute Gasteiger partial charge is 0.480 e. The monoisotopic (exact) mass is 621 g/mol. The number of sulfonamides is 2. The maximum atomic E-state index is 12.7. The number of rotatable bonds is 15. The Morgan fingerprint density at radius 3 is 1.77 bits per heavy atom. The molecule has 0 saturated heterocycles. The minimum Gasteiger partial charge on any atom is -0.480 e. The zero-order valence-electron chi connectivity index (χ0n) is 23.8. The molecule has 4 aromatic rings. The molecule has 0 spiro atoms. The van der Waals surface area contributed by atoms with Crippen LogP contribution in [-0.2, 0) is 50.1 Å². The first kappa shape index (κ1) is 31.7. The molecule has 9 nitrogen and oxygen atoms in total. The van der Waals surface area contributed by atoms with E-state index in [0.29, 0.717) is 30.8 Å². The molecule has 0 radical (unpaired) electrons. The van der Waals surface area contributed by atoms with Gasteiger partial charge in [0.15, 0.2) is 0 Å². The third-order valence-electron chi connectivity index (χ3n) is 6.70. The van der Waals surface area contributed by atoms with Gasteiger partial charge in [0.1, 0.15) is 6.04 Å². The smallest absolute Gasteiger partial charge is 0.321 e. The summed E-state index contributed by atoms with van der Waals surface area (Å²) in [6.45, 7) is 2.38. The topological polar surface area (TPSA) is 133 Å². The van der Waals surface area contributed by atoms with Gasteiger partial charge < -0.3 is 10.0 Å². The van der Waals surface area contributed by atoms with Crippen molar-refractivity contribution in [1.82, 2.24) is 4.72 Å². The molecule has 0 aliphatic carbocycles. The molecule has 4 aromatic carbocycles. The lowest BCUT2D eigenvalue weighted by atomic mass is 10.1. The first-order valence-electron chi connectivity index (χ1n) is 13.7. The molecular weight excluding hydrogens is 587 g/mol. The summed E-state index contributed by atoms with van der Waals surface area (Å²) in [5.41, 5.74) is 4.89. The molecular formula is C32H35N3O6S2. The normalized spacial score (nSPS) is 12.4. The van der Waals surface area contributed by atoms with Crippen molar-refractivity contribution in [2.45, 2.75) is 38.2 Å². The second-order valence-electron chi connectivity index (χ2n) is 10.3. The minimum atomic E-state index is -3.82. The Bertz CT molecular complexity index is 1700. The van der Waals surface area contributed by atoms with Crippen molar-refractivity contribution in [3.63, 3.8) is 0 Å². The van der Waals surface area contributed by atoms with E-state index in [-0.39, 0.29) is 11.5 Å². The number of nitrogens with zero attached hydrogens (tertiary/aromatic N) is 1. The molecule has 4 rings (SSSR count). The molecule has 1 atom stereocenters. The summed E-state index contributed by atoms with van der Waals surface area (Å²) in [5, 5.41) is 9.00. The van der Waals surface area contributed by atoms with Gasteiger partial charge in [-0.05, 0) is 59.9 Å². The third-order valence-corrected chi connectivity index (χ3v) is 9.42. The number of aliphatic carboxylic acids is 1. The van der Waals surface area contributed by atoms with Gasteiger partial charge in [0.05, 0.1) is 11.5 Å². The Balaban J connectivity index is 1.45. The number of anilines is 2. The fraction of sp³-hybridized carbons (Fsp3) is 0.219. The highest BCUT2D eigenvalue weighted by Crippen LogP contribution is 2.24. The van der Waals surface area contributed by atoms with Crippen LogP contribution in [0.5, 0.6) is 0 Å². The van der Waals surface area contributed by atoms with Crippen LogP contribution in [0.3, 0.4) is 0 Å². The van der Waals surface area contributed by atoms with Crippen molar-refractivity contribution in [2.75, 3.05) is 15.4 Å². The standard InChI is InChI=1S/C32H35N3O6S2/c1-25(32(36)37)33-43(40,41)24-29-14-12-28(13-15-29)23-35(22-27-10-6-3-7-11-27)31-18-16-30(17-19-31)34-42(38,39)21-20-26-8-4-2-5-9-26/h2-19,25,33-34H,20-24H2,1H3,(H,36,37). The summed E-state index contributed by atoms with van der Waals surface area (Å²) in [4.78, 5) is 13.2. The Kier molecular flexibility index (Phi) is 10.6. The number of benzene rings is 4. The van der Waals surface area contributed by atoms with Crippen molar-refractivity contribution >= 4 is 37.4 Å². The Labute approximate surface area is 253 Å². The maximum absolute atomic E-state index is 12.7. The van der Waals surface area contributed by atoms with Crippen molar-refractivity contribution in [1.29, 1.82) is 0 Å². The molecule has 0 fully saturated rings. The van der Waals surface area contributed by atoms with E-state index in [4.69, 9.17) is 5.11 Å². The van der Waals surface area contributed by atoms with E-state index in [1.807, 2.05) is 84.9 Å². The number of carboxylic acids is 1. The van der Waals surface area contributed by atoms with E-state index in [0.717, 1.165) is 22.4 Å². The van der Waals surface area contributed by atoms with Crippen LogP contribution in [0, 0.1) is 0 Å². The predicted octanol–water partition coefficient (Wildman–Crippen LogP) is 4.77. The number of hydrogen-bond acceptors (Lipinski definition) is 6.